The van der Waals surface area contributed by atoms with Crippen LogP contribution in [-0.4, -0.2) is 33.3 Å². The van der Waals surface area contributed by atoms with Gasteiger partial charge in [0, 0.05) is 16.7 Å². The molecule has 6 heteroatoms. The molecule has 0 radical (unpaired) electrons. The van der Waals surface area contributed by atoms with Crippen LogP contribution in [0.1, 0.15) is 38.8 Å². The first-order valence-electron chi connectivity index (χ1n) is 12.0. The monoisotopic (exact) mass is 463 g/mol. The first-order chi connectivity index (χ1) is 16.6. The number of aryl methyl sites for hydroxylation is 2. The van der Waals surface area contributed by atoms with Gasteiger partial charge in [0.2, 0.25) is 0 Å². The van der Waals surface area contributed by atoms with Crippen molar-refractivity contribution >= 4 is 12.6 Å². The molecule has 35 heavy (non-hydrogen) atoms. The van der Waals surface area contributed by atoms with E-state index in [2.05, 4.69) is 71.9 Å². The average molecular weight is 463 g/mol. The third-order valence-electron chi connectivity index (χ3n) is 7.08. The minimum absolute atomic E-state index is 0.406. The number of nitrogens with zero attached hydrogens (tertiary/aromatic N) is 3. The van der Waals surface area contributed by atoms with Gasteiger partial charge in [0.25, 0.3) is 0 Å². The Bertz CT molecular complexity index is 1320. The van der Waals surface area contributed by atoms with Gasteiger partial charge in [-0.2, -0.15) is 0 Å². The smallest absolute Gasteiger partial charge is 0.399 e. The highest BCUT2D eigenvalue weighted by molar-refractivity contribution is 6.62. The van der Waals surface area contributed by atoms with Crippen LogP contribution in [0, 0.1) is 13.8 Å². The molecule has 0 N–H and O–H groups in total. The average Bonchev–Trinajstić information content (AvgIpc) is 3.06. The van der Waals surface area contributed by atoms with Gasteiger partial charge in [-0.05, 0) is 58.1 Å². The summed E-state index contributed by atoms with van der Waals surface area (Å²) < 4.78 is 12.6. The summed E-state index contributed by atoms with van der Waals surface area (Å²) in [5.74, 6) is 1.94. The molecule has 0 spiro atoms. The third kappa shape index (κ3) is 4.40. The second-order valence-corrected chi connectivity index (χ2v) is 10.1. The molecule has 1 fully saturated rings. The largest absolute Gasteiger partial charge is 0.494 e. The quantitative estimate of drug-likeness (QED) is 0.359. The van der Waals surface area contributed by atoms with E-state index < -0.39 is 18.3 Å². The van der Waals surface area contributed by atoms with Crippen LogP contribution >= 0.6 is 0 Å². The lowest BCUT2D eigenvalue weighted by atomic mass is 9.78. The van der Waals surface area contributed by atoms with Crippen LogP contribution < -0.4 is 5.46 Å². The Morgan fingerprint density at radius 1 is 0.600 bits per heavy atom. The molecule has 3 aromatic carbocycles. The highest BCUT2D eigenvalue weighted by Crippen LogP contribution is 2.36. The molecule has 0 saturated carbocycles. The molecule has 5 rings (SSSR count). The van der Waals surface area contributed by atoms with E-state index in [1.165, 1.54) is 0 Å². The maximum atomic E-state index is 6.28. The Labute approximate surface area is 207 Å². The molecule has 1 aliphatic rings. The van der Waals surface area contributed by atoms with Crippen LogP contribution in [0.25, 0.3) is 34.2 Å². The summed E-state index contributed by atoms with van der Waals surface area (Å²) in [6.45, 7) is 12.4. The van der Waals surface area contributed by atoms with Gasteiger partial charge in [-0.25, -0.2) is 15.0 Å². The van der Waals surface area contributed by atoms with Crippen molar-refractivity contribution in [3.05, 3.63) is 83.9 Å². The van der Waals surface area contributed by atoms with Gasteiger partial charge in [-0.1, -0.05) is 72.8 Å². The normalized spacial score (nSPS) is 16.5. The van der Waals surface area contributed by atoms with E-state index in [0.717, 1.165) is 33.3 Å². The second-order valence-electron chi connectivity index (χ2n) is 10.1. The van der Waals surface area contributed by atoms with Crippen LogP contribution in [0.2, 0.25) is 0 Å². The fraction of sp³-hybridized carbons (Fsp3) is 0.276. The van der Waals surface area contributed by atoms with E-state index in [1.807, 2.05) is 42.5 Å². The lowest BCUT2D eigenvalue weighted by Gasteiger charge is -2.32. The molecule has 0 atom stereocenters. The standard InChI is InChI=1S/C29H30BN3O2/c1-19-12-7-9-16-23(19)26-31-25(32-27(33-26)24-17-10-8-13-20(24)2)21-14-11-15-22(18-21)30-34-28(3,4)29(5,6)35-30/h7-18H,1-6H3. The molecule has 2 heterocycles. The molecule has 0 amide bonds. The predicted octanol–water partition coefficient (Wildman–Crippen LogP) is 5.79. The summed E-state index contributed by atoms with van der Waals surface area (Å²) in [7, 11) is -0.450. The van der Waals surface area contributed by atoms with Crippen molar-refractivity contribution in [1.82, 2.24) is 15.0 Å². The van der Waals surface area contributed by atoms with Gasteiger partial charge in [0.15, 0.2) is 17.5 Å². The molecule has 5 nitrogen and oxygen atoms in total. The van der Waals surface area contributed by atoms with E-state index in [1.54, 1.807) is 0 Å². The Morgan fingerprint density at radius 2 is 1.09 bits per heavy atom. The fourth-order valence-corrected chi connectivity index (χ4v) is 4.20. The summed E-state index contributed by atoms with van der Waals surface area (Å²) >= 11 is 0. The first-order valence-corrected chi connectivity index (χ1v) is 12.0. The molecule has 4 aromatic rings. The number of hydrogen-bond donors (Lipinski definition) is 0. The highest BCUT2D eigenvalue weighted by atomic mass is 16.7. The van der Waals surface area contributed by atoms with Crippen LogP contribution in [0.15, 0.2) is 72.8 Å². The van der Waals surface area contributed by atoms with Gasteiger partial charge in [0.05, 0.1) is 11.2 Å². The minimum atomic E-state index is -0.450. The fourth-order valence-electron chi connectivity index (χ4n) is 4.20. The van der Waals surface area contributed by atoms with E-state index in [4.69, 9.17) is 24.3 Å². The van der Waals surface area contributed by atoms with Crippen LogP contribution in [0.4, 0.5) is 0 Å². The molecular weight excluding hydrogens is 433 g/mol. The lowest BCUT2D eigenvalue weighted by Crippen LogP contribution is -2.41. The van der Waals surface area contributed by atoms with Gasteiger partial charge in [-0.3, -0.25) is 0 Å². The maximum absolute atomic E-state index is 6.28. The summed E-state index contributed by atoms with van der Waals surface area (Å²) in [5, 5.41) is 0. The van der Waals surface area contributed by atoms with Crippen molar-refractivity contribution in [1.29, 1.82) is 0 Å². The van der Waals surface area contributed by atoms with Crippen molar-refractivity contribution in [2.45, 2.75) is 52.7 Å². The summed E-state index contributed by atoms with van der Waals surface area (Å²) in [6.07, 6.45) is 0. The third-order valence-corrected chi connectivity index (χ3v) is 7.08. The Balaban J connectivity index is 1.63. The molecule has 0 unspecified atom stereocenters. The van der Waals surface area contributed by atoms with Crippen LogP contribution in [-0.2, 0) is 9.31 Å². The van der Waals surface area contributed by atoms with Gasteiger partial charge >= 0.3 is 7.12 Å². The van der Waals surface area contributed by atoms with E-state index in [9.17, 15) is 0 Å². The van der Waals surface area contributed by atoms with Crippen molar-refractivity contribution in [3.8, 4) is 34.2 Å². The Hall–Kier alpha value is -3.35. The molecule has 1 aliphatic heterocycles. The predicted molar refractivity (Wildman–Crippen MR) is 141 cm³/mol. The van der Waals surface area contributed by atoms with E-state index >= 15 is 0 Å². The zero-order valence-electron chi connectivity index (χ0n) is 21.2. The molecule has 0 bridgehead atoms. The maximum Gasteiger partial charge on any atom is 0.494 e. The van der Waals surface area contributed by atoms with Crippen LogP contribution in [0.3, 0.4) is 0 Å². The Kier molecular flexibility index (Phi) is 5.82. The van der Waals surface area contributed by atoms with Crippen molar-refractivity contribution < 1.29 is 9.31 Å². The summed E-state index contributed by atoms with van der Waals surface area (Å²) in [5.41, 5.74) is 5.24. The highest BCUT2D eigenvalue weighted by Gasteiger charge is 2.51. The number of hydrogen-bond acceptors (Lipinski definition) is 5. The van der Waals surface area contributed by atoms with Gasteiger partial charge in [-0.15, -0.1) is 0 Å². The first kappa shape index (κ1) is 23.4. The van der Waals surface area contributed by atoms with Crippen molar-refractivity contribution in [2.24, 2.45) is 0 Å². The van der Waals surface area contributed by atoms with Gasteiger partial charge in [0.1, 0.15) is 0 Å². The molecular formula is C29H30BN3O2. The number of rotatable bonds is 4. The Morgan fingerprint density at radius 3 is 1.60 bits per heavy atom. The number of benzene rings is 3. The molecule has 176 valence electrons. The number of aromatic nitrogens is 3. The van der Waals surface area contributed by atoms with Gasteiger partial charge < -0.3 is 9.31 Å². The molecule has 0 aliphatic carbocycles. The topological polar surface area (TPSA) is 57.1 Å². The van der Waals surface area contributed by atoms with Crippen molar-refractivity contribution in [2.75, 3.05) is 0 Å². The molecule has 1 saturated heterocycles. The second kappa shape index (κ2) is 8.70. The lowest BCUT2D eigenvalue weighted by molar-refractivity contribution is 0.00578. The van der Waals surface area contributed by atoms with Crippen molar-refractivity contribution in [3.63, 3.8) is 0 Å². The summed E-state index contributed by atoms with van der Waals surface area (Å²) in [6, 6.07) is 24.4. The van der Waals surface area contributed by atoms with Crippen LogP contribution in [0.5, 0.6) is 0 Å². The van der Waals surface area contributed by atoms with E-state index in [-0.39, 0.29) is 0 Å². The molecule has 1 aromatic heterocycles. The zero-order chi connectivity index (χ0) is 24.8. The summed E-state index contributed by atoms with van der Waals surface area (Å²) in [4.78, 5) is 14.7. The minimum Gasteiger partial charge on any atom is -0.399 e. The van der Waals surface area contributed by atoms with E-state index in [0.29, 0.717) is 17.5 Å². The SMILES string of the molecule is Cc1ccccc1-c1nc(-c2cccc(B3OC(C)(C)C(C)(C)O3)c2)nc(-c2ccccc2C)n1. The zero-order valence-corrected chi connectivity index (χ0v) is 21.2.